The SMILES string of the molecule is C[C@@H](CNc1ccc([N+](=O)[O-])cn1)N1CCc2ccccc2C1. The van der Waals surface area contributed by atoms with E-state index in [9.17, 15) is 10.1 Å². The number of anilines is 1. The fraction of sp³-hybridized carbons (Fsp3) is 0.353. The van der Waals surface area contributed by atoms with Crippen LogP contribution in [-0.4, -0.2) is 33.9 Å². The third-order valence-corrected chi connectivity index (χ3v) is 4.32. The first-order valence-electron chi connectivity index (χ1n) is 7.78. The van der Waals surface area contributed by atoms with Crippen LogP contribution in [0, 0.1) is 10.1 Å². The lowest BCUT2D eigenvalue weighted by atomic mass is 9.99. The smallest absolute Gasteiger partial charge is 0.287 e. The first-order valence-corrected chi connectivity index (χ1v) is 7.78. The van der Waals surface area contributed by atoms with Crippen molar-refractivity contribution in [1.29, 1.82) is 0 Å². The Morgan fingerprint density at radius 3 is 2.78 bits per heavy atom. The summed E-state index contributed by atoms with van der Waals surface area (Å²) in [4.78, 5) is 16.7. The lowest BCUT2D eigenvalue weighted by Gasteiger charge is -2.33. The van der Waals surface area contributed by atoms with Gasteiger partial charge >= 0.3 is 0 Å². The lowest BCUT2D eigenvalue weighted by Crippen LogP contribution is -2.41. The van der Waals surface area contributed by atoms with Gasteiger partial charge in [-0.05, 0) is 30.5 Å². The maximum absolute atomic E-state index is 10.6. The summed E-state index contributed by atoms with van der Waals surface area (Å²) in [6.45, 7) is 4.96. The van der Waals surface area contributed by atoms with Gasteiger partial charge in [0.15, 0.2) is 0 Å². The first-order chi connectivity index (χ1) is 11.1. The molecule has 1 aliphatic heterocycles. The fourth-order valence-electron chi connectivity index (χ4n) is 2.87. The van der Waals surface area contributed by atoms with E-state index in [-0.39, 0.29) is 5.69 Å². The summed E-state index contributed by atoms with van der Waals surface area (Å²) in [6, 6.07) is 12.1. The molecule has 0 bridgehead atoms. The van der Waals surface area contributed by atoms with Gasteiger partial charge in [-0.15, -0.1) is 0 Å². The highest BCUT2D eigenvalue weighted by atomic mass is 16.6. The number of pyridine rings is 1. The Balaban J connectivity index is 1.55. The molecule has 23 heavy (non-hydrogen) atoms. The van der Waals surface area contributed by atoms with Crippen LogP contribution in [0.2, 0.25) is 0 Å². The topological polar surface area (TPSA) is 71.3 Å². The summed E-state index contributed by atoms with van der Waals surface area (Å²) in [6.07, 6.45) is 2.36. The number of nitro groups is 1. The molecule has 1 aliphatic rings. The van der Waals surface area contributed by atoms with Crippen LogP contribution in [0.5, 0.6) is 0 Å². The molecule has 6 nitrogen and oxygen atoms in total. The second-order valence-electron chi connectivity index (χ2n) is 5.88. The second-order valence-corrected chi connectivity index (χ2v) is 5.88. The Morgan fingerprint density at radius 2 is 2.09 bits per heavy atom. The van der Waals surface area contributed by atoms with E-state index in [1.54, 1.807) is 6.07 Å². The summed E-state index contributed by atoms with van der Waals surface area (Å²) < 4.78 is 0. The highest BCUT2D eigenvalue weighted by Crippen LogP contribution is 2.20. The minimum absolute atomic E-state index is 0.0104. The third-order valence-electron chi connectivity index (χ3n) is 4.32. The molecule has 3 rings (SSSR count). The predicted octanol–water partition coefficient (Wildman–Crippen LogP) is 2.85. The first kappa shape index (κ1) is 15.4. The molecule has 1 aromatic heterocycles. The van der Waals surface area contributed by atoms with Gasteiger partial charge in [-0.3, -0.25) is 15.0 Å². The lowest BCUT2D eigenvalue weighted by molar-refractivity contribution is -0.385. The zero-order chi connectivity index (χ0) is 16.2. The Labute approximate surface area is 135 Å². The number of nitrogens with zero attached hydrogens (tertiary/aromatic N) is 3. The van der Waals surface area contributed by atoms with Crippen LogP contribution in [0.3, 0.4) is 0 Å². The molecule has 2 aromatic rings. The number of aromatic nitrogens is 1. The van der Waals surface area contributed by atoms with E-state index in [1.165, 1.54) is 23.4 Å². The third kappa shape index (κ3) is 3.65. The summed E-state index contributed by atoms with van der Waals surface area (Å²) in [5.74, 6) is 0.667. The average Bonchev–Trinajstić information content (AvgIpc) is 2.59. The average molecular weight is 312 g/mol. The normalized spacial score (nSPS) is 15.7. The van der Waals surface area contributed by atoms with Gasteiger partial charge < -0.3 is 5.32 Å². The van der Waals surface area contributed by atoms with Crippen LogP contribution in [-0.2, 0) is 13.0 Å². The van der Waals surface area contributed by atoms with Crippen molar-refractivity contribution in [2.45, 2.75) is 25.9 Å². The molecule has 0 amide bonds. The molecule has 0 aliphatic carbocycles. The van der Waals surface area contributed by atoms with E-state index in [2.05, 4.69) is 46.4 Å². The van der Waals surface area contributed by atoms with Gasteiger partial charge in [0.1, 0.15) is 12.0 Å². The molecule has 120 valence electrons. The van der Waals surface area contributed by atoms with Crippen molar-refractivity contribution in [1.82, 2.24) is 9.88 Å². The van der Waals surface area contributed by atoms with Crippen molar-refractivity contribution in [3.05, 3.63) is 63.8 Å². The summed E-state index contributed by atoms with van der Waals surface area (Å²) >= 11 is 0. The molecule has 0 spiro atoms. The molecule has 1 atom stereocenters. The molecular formula is C17H20N4O2. The Kier molecular flexibility index (Phi) is 4.52. The molecule has 1 N–H and O–H groups in total. The van der Waals surface area contributed by atoms with Gasteiger partial charge in [0.05, 0.1) is 4.92 Å². The van der Waals surface area contributed by atoms with Crippen LogP contribution in [0.4, 0.5) is 11.5 Å². The summed E-state index contributed by atoms with van der Waals surface area (Å²) in [5.41, 5.74) is 2.86. The van der Waals surface area contributed by atoms with Crippen LogP contribution in [0.15, 0.2) is 42.6 Å². The molecule has 0 radical (unpaired) electrons. The number of hydrogen-bond acceptors (Lipinski definition) is 5. The quantitative estimate of drug-likeness (QED) is 0.679. The molecular weight excluding hydrogens is 292 g/mol. The number of benzene rings is 1. The molecule has 2 heterocycles. The van der Waals surface area contributed by atoms with Crippen molar-refractivity contribution in [3.63, 3.8) is 0 Å². The van der Waals surface area contributed by atoms with Crippen LogP contribution in [0.25, 0.3) is 0 Å². The van der Waals surface area contributed by atoms with Crippen LogP contribution in [0.1, 0.15) is 18.1 Å². The largest absolute Gasteiger partial charge is 0.369 e. The van der Waals surface area contributed by atoms with Gasteiger partial charge in [-0.25, -0.2) is 4.98 Å². The second kappa shape index (κ2) is 6.75. The maximum atomic E-state index is 10.6. The minimum Gasteiger partial charge on any atom is -0.369 e. The van der Waals surface area contributed by atoms with E-state index in [4.69, 9.17) is 0 Å². The summed E-state index contributed by atoms with van der Waals surface area (Å²) in [7, 11) is 0. The number of nitrogens with one attached hydrogen (secondary N) is 1. The predicted molar refractivity (Wildman–Crippen MR) is 89.4 cm³/mol. The number of fused-ring (bicyclic) bond motifs is 1. The number of hydrogen-bond donors (Lipinski definition) is 1. The monoisotopic (exact) mass is 312 g/mol. The van der Waals surface area contributed by atoms with E-state index in [0.29, 0.717) is 11.9 Å². The zero-order valence-corrected chi connectivity index (χ0v) is 13.1. The van der Waals surface area contributed by atoms with Gasteiger partial charge in [0.25, 0.3) is 5.69 Å². The van der Waals surface area contributed by atoms with Crippen molar-refractivity contribution in [2.75, 3.05) is 18.4 Å². The molecule has 0 unspecified atom stereocenters. The van der Waals surface area contributed by atoms with Crippen LogP contribution < -0.4 is 5.32 Å². The standard InChI is InChI=1S/C17H20N4O2/c1-13(10-18-17-7-6-16(11-19-17)21(22)23)20-9-8-14-4-2-3-5-15(14)12-20/h2-7,11,13H,8-10,12H2,1H3,(H,18,19)/t13-/m0/s1. The van der Waals surface area contributed by atoms with Gasteiger partial charge in [-0.2, -0.15) is 0 Å². The van der Waals surface area contributed by atoms with Crippen molar-refractivity contribution in [3.8, 4) is 0 Å². The molecule has 0 saturated heterocycles. The molecule has 1 aromatic carbocycles. The maximum Gasteiger partial charge on any atom is 0.287 e. The highest BCUT2D eigenvalue weighted by Gasteiger charge is 2.20. The zero-order valence-electron chi connectivity index (χ0n) is 13.1. The Morgan fingerprint density at radius 1 is 1.30 bits per heavy atom. The van der Waals surface area contributed by atoms with E-state index >= 15 is 0 Å². The van der Waals surface area contributed by atoms with Crippen molar-refractivity contribution >= 4 is 11.5 Å². The van der Waals surface area contributed by atoms with E-state index in [1.807, 2.05) is 0 Å². The van der Waals surface area contributed by atoms with E-state index in [0.717, 1.165) is 26.1 Å². The van der Waals surface area contributed by atoms with Crippen molar-refractivity contribution in [2.24, 2.45) is 0 Å². The van der Waals surface area contributed by atoms with Gasteiger partial charge in [0, 0.05) is 31.7 Å². The molecule has 6 heteroatoms. The van der Waals surface area contributed by atoms with Crippen molar-refractivity contribution < 1.29 is 4.92 Å². The van der Waals surface area contributed by atoms with Crippen LogP contribution >= 0.6 is 0 Å². The van der Waals surface area contributed by atoms with E-state index < -0.39 is 4.92 Å². The highest BCUT2D eigenvalue weighted by molar-refractivity contribution is 5.40. The molecule has 0 fully saturated rings. The Bertz CT molecular complexity index is 687. The fourth-order valence-corrected chi connectivity index (χ4v) is 2.87. The van der Waals surface area contributed by atoms with Gasteiger partial charge in [-0.1, -0.05) is 24.3 Å². The Hall–Kier alpha value is -2.47. The number of rotatable bonds is 5. The minimum atomic E-state index is -0.440. The summed E-state index contributed by atoms with van der Waals surface area (Å²) in [5, 5.41) is 13.9. The van der Waals surface area contributed by atoms with Gasteiger partial charge in [0.2, 0.25) is 0 Å². The molecule has 0 saturated carbocycles.